The van der Waals surface area contributed by atoms with Crippen molar-refractivity contribution in [2.45, 2.75) is 25.8 Å². The Balaban J connectivity index is 1.52. The highest BCUT2D eigenvalue weighted by Crippen LogP contribution is 2.30. The molecule has 0 amide bonds. The molecule has 0 spiro atoms. The second-order valence-corrected chi connectivity index (χ2v) is 6.34. The Morgan fingerprint density at radius 1 is 1.20 bits per heavy atom. The van der Waals surface area contributed by atoms with E-state index in [1.807, 2.05) is 41.8 Å². The molecule has 0 saturated carbocycles. The molecule has 0 bridgehead atoms. The zero-order chi connectivity index (χ0) is 13.4. The average Bonchev–Trinajstić information content (AvgIpc) is 3.06. The molecule has 0 atom stereocenters. The first-order valence-electron chi connectivity index (χ1n) is 6.94. The molecule has 2 aromatic heterocycles. The van der Waals surface area contributed by atoms with Gasteiger partial charge in [-0.3, -0.25) is 0 Å². The van der Waals surface area contributed by atoms with E-state index in [2.05, 4.69) is 21.4 Å². The van der Waals surface area contributed by atoms with Gasteiger partial charge in [-0.05, 0) is 37.0 Å². The number of rotatable bonds is 3. The molecule has 1 aliphatic carbocycles. The number of aromatic nitrogens is 2. The van der Waals surface area contributed by atoms with Gasteiger partial charge in [0, 0.05) is 21.3 Å². The van der Waals surface area contributed by atoms with Crippen LogP contribution in [0.15, 0.2) is 36.5 Å². The molecule has 0 radical (unpaired) electrons. The topological polar surface area (TPSA) is 37.8 Å². The number of hydrogen-bond donors (Lipinski definition) is 1. The van der Waals surface area contributed by atoms with Crippen molar-refractivity contribution < 1.29 is 0 Å². The minimum Gasteiger partial charge on any atom is -0.349 e. The fourth-order valence-electron chi connectivity index (χ4n) is 2.70. The van der Waals surface area contributed by atoms with E-state index < -0.39 is 0 Å². The van der Waals surface area contributed by atoms with E-state index in [4.69, 9.17) is 0 Å². The molecule has 100 valence electrons. The second-order valence-electron chi connectivity index (χ2n) is 5.12. The summed E-state index contributed by atoms with van der Waals surface area (Å²) in [6.07, 6.45) is 5.70. The van der Waals surface area contributed by atoms with Crippen LogP contribution in [0.3, 0.4) is 0 Å². The number of aryl methyl sites for hydroxylation is 2. The Kier molecular flexibility index (Phi) is 2.89. The molecule has 3 nitrogen and oxygen atoms in total. The van der Waals surface area contributed by atoms with Crippen molar-refractivity contribution in [1.82, 2.24) is 9.97 Å². The summed E-state index contributed by atoms with van der Waals surface area (Å²) < 4.78 is 0. The normalized spacial score (nSPS) is 13.6. The smallest absolute Gasteiger partial charge is 0.223 e. The Morgan fingerprint density at radius 2 is 2.15 bits per heavy atom. The van der Waals surface area contributed by atoms with Crippen LogP contribution in [-0.2, 0) is 19.4 Å². The van der Waals surface area contributed by atoms with E-state index in [-0.39, 0.29) is 0 Å². The van der Waals surface area contributed by atoms with Gasteiger partial charge in [-0.2, -0.15) is 0 Å². The predicted molar refractivity (Wildman–Crippen MR) is 83.2 cm³/mol. The summed E-state index contributed by atoms with van der Waals surface area (Å²) in [4.78, 5) is 11.9. The number of fused-ring (bicyclic) bond motifs is 2. The van der Waals surface area contributed by atoms with Crippen molar-refractivity contribution >= 4 is 28.2 Å². The highest BCUT2D eigenvalue weighted by molar-refractivity contribution is 7.12. The van der Waals surface area contributed by atoms with Crippen LogP contribution in [0.4, 0.5) is 5.95 Å². The Hall–Kier alpha value is -1.94. The number of anilines is 1. The molecular formula is C16H15N3S. The maximum Gasteiger partial charge on any atom is 0.223 e. The van der Waals surface area contributed by atoms with Crippen molar-refractivity contribution in [2.24, 2.45) is 0 Å². The molecule has 1 N–H and O–H groups in total. The lowest BCUT2D eigenvalue weighted by molar-refractivity contribution is 0.913. The lowest BCUT2D eigenvalue weighted by Gasteiger charge is -2.04. The minimum atomic E-state index is 0.706. The molecular weight excluding hydrogens is 266 g/mol. The van der Waals surface area contributed by atoms with Crippen LogP contribution in [0.1, 0.15) is 21.7 Å². The fraction of sp³-hybridized carbons (Fsp3) is 0.250. The molecule has 4 rings (SSSR count). The van der Waals surface area contributed by atoms with Gasteiger partial charge < -0.3 is 5.32 Å². The number of thiophene rings is 1. The number of benzene rings is 1. The molecule has 20 heavy (non-hydrogen) atoms. The molecule has 0 unspecified atom stereocenters. The number of nitrogens with one attached hydrogen (secondary N) is 1. The summed E-state index contributed by atoms with van der Waals surface area (Å²) in [7, 11) is 0. The van der Waals surface area contributed by atoms with Gasteiger partial charge in [-0.15, -0.1) is 11.3 Å². The first kappa shape index (κ1) is 11.9. The van der Waals surface area contributed by atoms with Gasteiger partial charge >= 0.3 is 0 Å². The first-order valence-corrected chi connectivity index (χ1v) is 7.76. The lowest BCUT2D eigenvalue weighted by atomic mass is 10.2. The van der Waals surface area contributed by atoms with Crippen LogP contribution in [0.2, 0.25) is 0 Å². The van der Waals surface area contributed by atoms with E-state index in [0.29, 0.717) is 5.95 Å². The summed E-state index contributed by atoms with van der Waals surface area (Å²) >= 11 is 1.93. The molecule has 0 fully saturated rings. The number of para-hydroxylation sites is 1. The summed E-state index contributed by atoms with van der Waals surface area (Å²) in [6, 6.07) is 10.4. The summed E-state index contributed by atoms with van der Waals surface area (Å²) in [6.45, 7) is 0.815. The molecule has 2 heterocycles. The largest absolute Gasteiger partial charge is 0.349 e. The third kappa shape index (κ3) is 2.16. The lowest BCUT2D eigenvalue weighted by Crippen LogP contribution is -2.02. The number of nitrogens with zero attached hydrogens (tertiary/aromatic N) is 2. The van der Waals surface area contributed by atoms with E-state index in [0.717, 1.165) is 17.4 Å². The van der Waals surface area contributed by atoms with Crippen LogP contribution in [0, 0.1) is 0 Å². The molecule has 1 aliphatic rings. The number of hydrogen-bond acceptors (Lipinski definition) is 4. The SMILES string of the molecule is c1ccc2nc(NCc3cc4c(s3)CCC4)ncc2c1. The quantitative estimate of drug-likeness (QED) is 0.793. The van der Waals surface area contributed by atoms with Gasteiger partial charge in [-0.25, -0.2) is 9.97 Å². The van der Waals surface area contributed by atoms with Crippen LogP contribution in [-0.4, -0.2) is 9.97 Å². The van der Waals surface area contributed by atoms with Crippen LogP contribution in [0.25, 0.3) is 10.9 Å². The summed E-state index contributed by atoms with van der Waals surface area (Å²) in [5.74, 6) is 0.706. The molecule has 0 saturated heterocycles. The third-order valence-corrected chi connectivity index (χ3v) is 4.94. The van der Waals surface area contributed by atoms with Crippen LogP contribution in [0.5, 0.6) is 0 Å². The van der Waals surface area contributed by atoms with Gasteiger partial charge in [0.05, 0.1) is 12.1 Å². The average molecular weight is 281 g/mol. The maximum absolute atomic E-state index is 4.54. The molecule has 3 aromatic rings. The highest BCUT2D eigenvalue weighted by Gasteiger charge is 2.14. The first-order chi connectivity index (χ1) is 9.88. The van der Waals surface area contributed by atoms with Crippen molar-refractivity contribution in [3.05, 3.63) is 51.8 Å². The standard InChI is InChI=1S/C16H15N3S/c1-2-6-14-12(4-1)9-17-16(19-14)18-10-13-8-11-5-3-7-15(11)20-13/h1-2,4,6,8-9H,3,5,7,10H2,(H,17,18,19). The summed E-state index contributed by atoms with van der Waals surface area (Å²) in [5, 5.41) is 4.41. The zero-order valence-electron chi connectivity index (χ0n) is 11.1. The Bertz CT molecular complexity index is 742. The van der Waals surface area contributed by atoms with Crippen molar-refractivity contribution in [3.8, 4) is 0 Å². The monoisotopic (exact) mass is 281 g/mol. The Labute approximate surface area is 121 Å². The molecule has 0 aliphatic heterocycles. The van der Waals surface area contributed by atoms with E-state index in [9.17, 15) is 0 Å². The fourth-order valence-corrected chi connectivity index (χ4v) is 3.90. The van der Waals surface area contributed by atoms with Gasteiger partial charge in [0.1, 0.15) is 0 Å². The zero-order valence-corrected chi connectivity index (χ0v) is 11.9. The van der Waals surface area contributed by atoms with Gasteiger partial charge in [-0.1, -0.05) is 18.2 Å². The minimum absolute atomic E-state index is 0.706. The third-order valence-electron chi connectivity index (χ3n) is 3.71. The summed E-state index contributed by atoms with van der Waals surface area (Å²) in [5.41, 5.74) is 2.53. The molecule has 4 heteroatoms. The Morgan fingerprint density at radius 3 is 3.10 bits per heavy atom. The van der Waals surface area contributed by atoms with E-state index in [1.165, 1.54) is 24.1 Å². The van der Waals surface area contributed by atoms with Crippen LogP contribution >= 0.6 is 11.3 Å². The van der Waals surface area contributed by atoms with Gasteiger partial charge in [0.2, 0.25) is 5.95 Å². The maximum atomic E-state index is 4.54. The van der Waals surface area contributed by atoms with Gasteiger partial charge in [0.25, 0.3) is 0 Å². The molecule has 1 aromatic carbocycles. The van der Waals surface area contributed by atoms with Crippen LogP contribution < -0.4 is 5.32 Å². The van der Waals surface area contributed by atoms with E-state index in [1.54, 1.807) is 10.4 Å². The second kappa shape index (κ2) is 4.87. The van der Waals surface area contributed by atoms with Crippen molar-refractivity contribution in [1.29, 1.82) is 0 Å². The highest BCUT2D eigenvalue weighted by atomic mass is 32.1. The van der Waals surface area contributed by atoms with Crippen molar-refractivity contribution in [2.75, 3.05) is 5.32 Å². The van der Waals surface area contributed by atoms with Crippen molar-refractivity contribution in [3.63, 3.8) is 0 Å². The van der Waals surface area contributed by atoms with Gasteiger partial charge in [0.15, 0.2) is 0 Å². The van der Waals surface area contributed by atoms with E-state index >= 15 is 0 Å². The predicted octanol–water partition coefficient (Wildman–Crippen LogP) is 3.79.